The highest BCUT2D eigenvalue weighted by atomic mass is 14.0. The first kappa shape index (κ1) is 15.0. The molecule has 0 heteroatoms. The molecule has 1 aromatic carbocycles. The van der Waals surface area contributed by atoms with E-state index in [0.717, 1.165) is 0 Å². The lowest BCUT2D eigenvalue weighted by Gasteiger charge is -1.98. The molecule has 1 rings (SSSR count). The van der Waals surface area contributed by atoms with Gasteiger partial charge >= 0.3 is 0 Å². The van der Waals surface area contributed by atoms with Crippen molar-refractivity contribution in [2.45, 2.75) is 64.7 Å². The third kappa shape index (κ3) is 8.11. The molecule has 0 fully saturated rings. The molecule has 0 spiro atoms. The van der Waals surface area contributed by atoms with Crippen LogP contribution in [-0.4, -0.2) is 0 Å². The predicted octanol–water partition coefficient (Wildman–Crippen LogP) is 5.93. The van der Waals surface area contributed by atoms with E-state index in [4.69, 9.17) is 0 Å². The molecule has 0 aliphatic rings. The molecule has 0 bridgehead atoms. The molecule has 0 aliphatic heterocycles. The van der Waals surface area contributed by atoms with Gasteiger partial charge < -0.3 is 0 Å². The van der Waals surface area contributed by atoms with E-state index >= 15 is 0 Å². The summed E-state index contributed by atoms with van der Waals surface area (Å²) in [6.45, 7) is 2.27. The molecular weight excluding hydrogens is 216 g/mol. The number of benzene rings is 1. The molecule has 0 unspecified atom stereocenters. The number of allylic oxidation sites excluding steroid dienone is 2. The Morgan fingerprint density at radius 2 is 1.44 bits per heavy atom. The summed E-state index contributed by atoms with van der Waals surface area (Å²) >= 11 is 0. The molecule has 0 N–H and O–H groups in total. The second-order valence-corrected chi connectivity index (χ2v) is 5.05. The molecule has 0 nitrogen and oxygen atoms in total. The summed E-state index contributed by atoms with van der Waals surface area (Å²) in [5.74, 6) is 0. The lowest BCUT2D eigenvalue weighted by Crippen LogP contribution is -1.81. The summed E-state index contributed by atoms with van der Waals surface area (Å²) in [6, 6.07) is 10.7. The van der Waals surface area contributed by atoms with Crippen LogP contribution in [0.3, 0.4) is 0 Å². The standard InChI is InChI=1S/C18H28/c1-2-3-4-5-6-7-8-9-10-12-15-18-16-13-11-14-17-18/h9-11,13-14,16-17H,2-8,12,15H2,1H3/b10-9+. The van der Waals surface area contributed by atoms with Crippen LogP contribution in [-0.2, 0) is 6.42 Å². The molecule has 1 aromatic rings. The van der Waals surface area contributed by atoms with Gasteiger partial charge in [-0.15, -0.1) is 0 Å². The van der Waals surface area contributed by atoms with Gasteiger partial charge in [0, 0.05) is 0 Å². The molecule has 0 saturated carbocycles. The Morgan fingerprint density at radius 1 is 0.778 bits per heavy atom. The van der Waals surface area contributed by atoms with Crippen LogP contribution in [0.1, 0.15) is 63.9 Å². The monoisotopic (exact) mass is 244 g/mol. The molecule has 0 aromatic heterocycles. The van der Waals surface area contributed by atoms with Crippen LogP contribution in [0.15, 0.2) is 42.5 Å². The lowest BCUT2D eigenvalue weighted by atomic mass is 10.1. The highest BCUT2D eigenvalue weighted by molar-refractivity contribution is 5.15. The van der Waals surface area contributed by atoms with E-state index in [-0.39, 0.29) is 0 Å². The molecular formula is C18H28. The number of hydrogen-bond acceptors (Lipinski definition) is 0. The molecule has 0 aliphatic carbocycles. The molecule has 0 amide bonds. The first-order valence-corrected chi connectivity index (χ1v) is 7.62. The van der Waals surface area contributed by atoms with Crippen LogP contribution in [0.5, 0.6) is 0 Å². The van der Waals surface area contributed by atoms with E-state index in [1.54, 1.807) is 0 Å². The lowest BCUT2D eigenvalue weighted by molar-refractivity contribution is 0.611. The van der Waals surface area contributed by atoms with Gasteiger partial charge in [0.25, 0.3) is 0 Å². The second kappa shape index (κ2) is 11.1. The number of unbranched alkanes of at least 4 members (excludes halogenated alkanes) is 6. The maximum absolute atomic E-state index is 2.36. The van der Waals surface area contributed by atoms with Crippen LogP contribution in [0, 0.1) is 0 Å². The van der Waals surface area contributed by atoms with E-state index in [0.29, 0.717) is 0 Å². The average Bonchev–Trinajstić information content (AvgIpc) is 2.42. The zero-order valence-electron chi connectivity index (χ0n) is 11.9. The minimum atomic E-state index is 1.17. The Morgan fingerprint density at radius 3 is 2.22 bits per heavy atom. The van der Waals surface area contributed by atoms with Crippen molar-refractivity contribution in [2.24, 2.45) is 0 Å². The van der Waals surface area contributed by atoms with Gasteiger partial charge in [0.2, 0.25) is 0 Å². The highest BCUT2D eigenvalue weighted by Gasteiger charge is 1.89. The van der Waals surface area contributed by atoms with Gasteiger partial charge in [-0.25, -0.2) is 0 Å². The fourth-order valence-corrected chi connectivity index (χ4v) is 2.17. The van der Waals surface area contributed by atoms with E-state index in [2.05, 4.69) is 49.4 Å². The zero-order chi connectivity index (χ0) is 12.9. The number of hydrogen-bond donors (Lipinski definition) is 0. The van der Waals surface area contributed by atoms with Crippen LogP contribution in [0.2, 0.25) is 0 Å². The molecule has 100 valence electrons. The number of aryl methyl sites for hydroxylation is 1. The molecule has 0 saturated heterocycles. The molecule has 0 radical (unpaired) electrons. The van der Waals surface area contributed by atoms with Gasteiger partial charge in [-0.3, -0.25) is 0 Å². The maximum atomic E-state index is 2.36. The van der Waals surface area contributed by atoms with Crippen molar-refractivity contribution in [2.75, 3.05) is 0 Å². The van der Waals surface area contributed by atoms with Crippen LogP contribution >= 0.6 is 0 Å². The summed E-state index contributed by atoms with van der Waals surface area (Å²) in [5, 5.41) is 0. The van der Waals surface area contributed by atoms with Crippen molar-refractivity contribution < 1.29 is 0 Å². The van der Waals surface area contributed by atoms with E-state index in [1.165, 1.54) is 63.4 Å². The van der Waals surface area contributed by atoms with Gasteiger partial charge in [-0.2, -0.15) is 0 Å². The first-order chi connectivity index (χ1) is 8.93. The predicted molar refractivity (Wildman–Crippen MR) is 81.9 cm³/mol. The largest absolute Gasteiger partial charge is 0.0885 e. The third-order valence-electron chi connectivity index (χ3n) is 3.33. The highest BCUT2D eigenvalue weighted by Crippen LogP contribution is 2.08. The summed E-state index contributed by atoms with van der Waals surface area (Å²) in [5.41, 5.74) is 1.45. The van der Waals surface area contributed by atoms with Gasteiger partial charge in [0.1, 0.15) is 0 Å². The molecule has 0 atom stereocenters. The normalized spacial score (nSPS) is 11.2. The third-order valence-corrected chi connectivity index (χ3v) is 3.33. The zero-order valence-corrected chi connectivity index (χ0v) is 11.9. The van der Waals surface area contributed by atoms with Crippen molar-refractivity contribution in [1.29, 1.82) is 0 Å². The van der Waals surface area contributed by atoms with Crippen molar-refractivity contribution in [3.63, 3.8) is 0 Å². The van der Waals surface area contributed by atoms with Gasteiger partial charge in [0.05, 0.1) is 0 Å². The smallest absolute Gasteiger partial charge is 0.0244 e. The van der Waals surface area contributed by atoms with Crippen LogP contribution in [0.25, 0.3) is 0 Å². The Hall–Kier alpha value is -1.04. The minimum Gasteiger partial charge on any atom is -0.0885 e. The molecule has 0 heterocycles. The van der Waals surface area contributed by atoms with Crippen LogP contribution < -0.4 is 0 Å². The summed E-state index contributed by atoms with van der Waals surface area (Å²) in [6.07, 6.45) is 16.7. The first-order valence-electron chi connectivity index (χ1n) is 7.62. The summed E-state index contributed by atoms with van der Waals surface area (Å²) in [7, 11) is 0. The van der Waals surface area contributed by atoms with Crippen molar-refractivity contribution >= 4 is 0 Å². The van der Waals surface area contributed by atoms with Crippen molar-refractivity contribution in [3.8, 4) is 0 Å². The van der Waals surface area contributed by atoms with Crippen molar-refractivity contribution in [3.05, 3.63) is 48.0 Å². The maximum Gasteiger partial charge on any atom is -0.0244 e. The van der Waals surface area contributed by atoms with Gasteiger partial charge in [0.15, 0.2) is 0 Å². The van der Waals surface area contributed by atoms with E-state index in [9.17, 15) is 0 Å². The van der Waals surface area contributed by atoms with Crippen molar-refractivity contribution in [1.82, 2.24) is 0 Å². The Kier molecular flexibility index (Phi) is 9.24. The quantitative estimate of drug-likeness (QED) is 0.353. The topological polar surface area (TPSA) is 0 Å². The SMILES string of the molecule is CCCCCCCC/C=C/CCc1ccccc1. The fourth-order valence-electron chi connectivity index (χ4n) is 2.17. The van der Waals surface area contributed by atoms with E-state index < -0.39 is 0 Å². The second-order valence-electron chi connectivity index (χ2n) is 5.05. The summed E-state index contributed by atoms with van der Waals surface area (Å²) < 4.78 is 0. The van der Waals surface area contributed by atoms with E-state index in [1.807, 2.05) is 0 Å². The average molecular weight is 244 g/mol. The Bertz CT molecular complexity index is 297. The van der Waals surface area contributed by atoms with Gasteiger partial charge in [-0.05, 0) is 31.2 Å². The number of rotatable bonds is 10. The Balaban J connectivity index is 1.92. The summed E-state index contributed by atoms with van der Waals surface area (Å²) in [4.78, 5) is 0. The van der Waals surface area contributed by atoms with Crippen LogP contribution in [0.4, 0.5) is 0 Å². The Labute approximate surface area is 113 Å². The molecule has 18 heavy (non-hydrogen) atoms. The van der Waals surface area contributed by atoms with Gasteiger partial charge in [-0.1, -0.05) is 81.5 Å². The fraction of sp³-hybridized carbons (Fsp3) is 0.556. The minimum absolute atomic E-state index is 1.17.